The van der Waals surface area contributed by atoms with Gasteiger partial charge in [0.25, 0.3) is 5.91 Å². The van der Waals surface area contributed by atoms with Crippen LogP contribution < -0.4 is 10.1 Å². The summed E-state index contributed by atoms with van der Waals surface area (Å²) >= 11 is 0. The van der Waals surface area contributed by atoms with Gasteiger partial charge >= 0.3 is 0 Å². The van der Waals surface area contributed by atoms with Crippen molar-refractivity contribution in [2.45, 2.75) is 63.8 Å². The molecule has 2 N–H and O–H groups in total. The lowest BCUT2D eigenvalue weighted by Crippen LogP contribution is -2.69. The summed E-state index contributed by atoms with van der Waals surface area (Å²) in [5.41, 5.74) is -0.590. The normalized spacial score (nSPS) is 27.9. The van der Waals surface area contributed by atoms with Crippen molar-refractivity contribution in [1.29, 1.82) is 0 Å². The fourth-order valence-electron chi connectivity index (χ4n) is 4.75. The molecular weight excluding hydrogens is 360 g/mol. The predicted molar refractivity (Wildman–Crippen MR) is 100 cm³/mol. The Morgan fingerprint density at radius 1 is 1.21 bits per heavy atom. The van der Waals surface area contributed by atoms with Crippen molar-refractivity contribution >= 4 is 17.7 Å². The Kier molecular flexibility index (Phi) is 4.65. The summed E-state index contributed by atoms with van der Waals surface area (Å²) in [6.45, 7) is 3.24. The largest absolute Gasteiger partial charge is 0.467 e. The van der Waals surface area contributed by atoms with Gasteiger partial charge in [-0.2, -0.15) is 0 Å². The van der Waals surface area contributed by atoms with Crippen LogP contribution in [0.5, 0.6) is 5.75 Å². The van der Waals surface area contributed by atoms with Crippen molar-refractivity contribution in [2.24, 2.45) is 11.8 Å². The number of para-hydroxylation sites is 1. The van der Waals surface area contributed by atoms with Crippen LogP contribution in [0.4, 0.5) is 0 Å². The van der Waals surface area contributed by atoms with Gasteiger partial charge in [0.05, 0.1) is 29.5 Å². The van der Waals surface area contributed by atoms with Crippen LogP contribution in [0.1, 0.15) is 56.3 Å². The zero-order valence-electron chi connectivity index (χ0n) is 16.2. The summed E-state index contributed by atoms with van der Waals surface area (Å²) in [4.78, 5) is 39.9. The smallest absolute Gasteiger partial charge is 0.267 e. The Bertz CT molecular complexity index is 815. The molecule has 1 saturated heterocycles. The number of rotatable bonds is 3. The Labute approximate surface area is 164 Å². The van der Waals surface area contributed by atoms with E-state index in [2.05, 4.69) is 5.32 Å². The molecular formula is C21H26N2O5. The highest BCUT2D eigenvalue weighted by Crippen LogP contribution is 2.43. The highest BCUT2D eigenvalue weighted by Gasteiger charge is 2.55. The summed E-state index contributed by atoms with van der Waals surface area (Å²) in [6.07, 6.45) is 3.15. The van der Waals surface area contributed by atoms with Crippen molar-refractivity contribution in [3.8, 4) is 5.75 Å². The van der Waals surface area contributed by atoms with Gasteiger partial charge in [-0.1, -0.05) is 25.5 Å². The van der Waals surface area contributed by atoms with Crippen LogP contribution >= 0.6 is 0 Å². The van der Waals surface area contributed by atoms with Crippen molar-refractivity contribution in [3.05, 3.63) is 29.8 Å². The van der Waals surface area contributed by atoms with Crippen LogP contribution in [0.2, 0.25) is 0 Å². The van der Waals surface area contributed by atoms with E-state index in [0.29, 0.717) is 24.2 Å². The number of nitrogens with one attached hydrogen (secondary N) is 1. The van der Waals surface area contributed by atoms with Gasteiger partial charge in [-0.25, -0.2) is 4.90 Å². The maximum absolute atomic E-state index is 13.5. The standard InChI is InChI=1S/C21H26N2O5/c1-12(17-16(13(2)24)18(25)22-17)19(26)23-20(27)14-8-4-5-9-15(14)28-21(23)10-6-3-7-11-21/h4-5,8-9,12-13,16-17,24H,3,6-7,10-11H2,1-2H3,(H,22,25)/t12-,13?,16?,17?/m1/s1. The third-order valence-electron chi connectivity index (χ3n) is 6.33. The van der Waals surface area contributed by atoms with Crippen molar-refractivity contribution in [1.82, 2.24) is 10.2 Å². The fourth-order valence-corrected chi connectivity index (χ4v) is 4.75. The first-order valence-electron chi connectivity index (χ1n) is 10.0. The molecule has 0 aromatic heterocycles. The molecule has 0 bridgehead atoms. The molecule has 3 amide bonds. The predicted octanol–water partition coefficient (Wildman–Crippen LogP) is 1.84. The molecule has 3 aliphatic rings. The summed E-state index contributed by atoms with van der Waals surface area (Å²) < 4.78 is 6.29. The Balaban J connectivity index is 1.68. The second-order valence-corrected chi connectivity index (χ2v) is 8.17. The van der Waals surface area contributed by atoms with Crippen molar-refractivity contribution in [2.75, 3.05) is 0 Å². The maximum Gasteiger partial charge on any atom is 0.267 e. The third kappa shape index (κ3) is 2.80. The molecule has 2 aliphatic heterocycles. The lowest BCUT2D eigenvalue weighted by molar-refractivity contribution is -0.162. The van der Waals surface area contributed by atoms with Crippen LogP contribution in [0.25, 0.3) is 0 Å². The molecule has 1 spiro atoms. The summed E-state index contributed by atoms with van der Waals surface area (Å²) in [5, 5.41) is 12.6. The van der Waals surface area contributed by atoms with Crippen LogP contribution in [0, 0.1) is 11.8 Å². The number of amides is 3. The summed E-state index contributed by atoms with van der Waals surface area (Å²) in [5.74, 6) is -1.75. The number of hydrogen-bond acceptors (Lipinski definition) is 5. The van der Waals surface area contributed by atoms with Crippen LogP contribution in [0.15, 0.2) is 24.3 Å². The van der Waals surface area contributed by atoms with E-state index >= 15 is 0 Å². The molecule has 2 fully saturated rings. The first-order chi connectivity index (χ1) is 13.4. The number of aliphatic hydroxyl groups is 1. The second-order valence-electron chi connectivity index (χ2n) is 8.17. The van der Waals surface area contributed by atoms with Crippen LogP contribution in [0.3, 0.4) is 0 Å². The Morgan fingerprint density at radius 3 is 2.54 bits per heavy atom. The molecule has 3 unspecified atom stereocenters. The highest BCUT2D eigenvalue weighted by molar-refractivity contribution is 6.08. The molecule has 1 aromatic rings. The number of carbonyl (C=O) groups excluding carboxylic acids is 3. The molecule has 2 heterocycles. The molecule has 1 saturated carbocycles. The van der Waals surface area contributed by atoms with Crippen molar-refractivity contribution in [3.63, 3.8) is 0 Å². The molecule has 28 heavy (non-hydrogen) atoms. The maximum atomic E-state index is 13.5. The zero-order chi connectivity index (χ0) is 20.1. The van der Waals surface area contributed by atoms with Gasteiger partial charge in [0.15, 0.2) is 5.72 Å². The first kappa shape index (κ1) is 18.9. The number of hydrogen-bond donors (Lipinski definition) is 2. The number of imide groups is 1. The molecule has 7 nitrogen and oxygen atoms in total. The van der Waals surface area contributed by atoms with E-state index in [1.54, 1.807) is 32.0 Å². The van der Waals surface area contributed by atoms with E-state index in [0.717, 1.165) is 19.3 Å². The quantitative estimate of drug-likeness (QED) is 0.773. The van der Waals surface area contributed by atoms with Gasteiger partial charge in [0, 0.05) is 12.8 Å². The van der Waals surface area contributed by atoms with Gasteiger partial charge < -0.3 is 15.2 Å². The Morgan fingerprint density at radius 2 is 1.89 bits per heavy atom. The average Bonchev–Trinajstić information content (AvgIpc) is 2.65. The first-order valence-corrected chi connectivity index (χ1v) is 10.0. The van der Waals surface area contributed by atoms with Gasteiger partial charge in [-0.3, -0.25) is 14.4 Å². The lowest BCUT2D eigenvalue weighted by Gasteiger charge is -2.50. The van der Waals surface area contributed by atoms with Gasteiger partial charge in [0.2, 0.25) is 11.8 Å². The van der Waals surface area contributed by atoms with Crippen LogP contribution in [-0.2, 0) is 9.59 Å². The van der Waals surface area contributed by atoms with E-state index in [9.17, 15) is 19.5 Å². The molecule has 150 valence electrons. The number of ether oxygens (including phenoxy) is 1. The second kappa shape index (κ2) is 6.88. The number of aliphatic hydroxyl groups excluding tert-OH is 1. The summed E-state index contributed by atoms with van der Waals surface area (Å²) in [6, 6.07) is 6.51. The SMILES string of the molecule is CC(O)C1C(=O)NC1[C@@H](C)C(=O)N1C(=O)c2ccccc2OC12CCCCC2. The number of benzene rings is 1. The number of carbonyl (C=O) groups is 3. The average molecular weight is 386 g/mol. The van der Waals surface area contributed by atoms with E-state index < -0.39 is 29.7 Å². The number of fused-ring (bicyclic) bond motifs is 1. The molecule has 1 aliphatic carbocycles. The number of β-lactam (4-membered cyclic amide) rings is 1. The zero-order valence-corrected chi connectivity index (χ0v) is 16.2. The monoisotopic (exact) mass is 386 g/mol. The van der Waals surface area contributed by atoms with Gasteiger partial charge in [0.1, 0.15) is 5.75 Å². The Hall–Kier alpha value is -2.41. The molecule has 4 rings (SSSR count). The van der Waals surface area contributed by atoms with E-state index in [1.807, 2.05) is 6.07 Å². The molecule has 7 heteroatoms. The lowest BCUT2D eigenvalue weighted by atomic mass is 9.77. The summed E-state index contributed by atoms with van der Waals surface area (Å²) in [7, 11) is 0. The third-order valence-corrected chi connectivity index (χ3v) is 6.33. The topological polar surface area (TPSA) is 95.9 Å². The minimum Gasteiger partial charge on any atom is -0.467 e. The molecule has 1 aromatic carbocycles. The minimum atomic E-state index is -0.969. The fraction of sp³-hybridized carbons (Fsp3) is 0.571. The van der Waals surface area contributed by atoms with Crippen molar-refractivity contribution < 1.29 is 24.2 Å². The molecule has 0 radical (unpaired) electrons. The number of nitrogens with zero attached hydrogens (tertiary/aromatic N) is 1. The van der Waals surface area contributed by atoms with Gasteiger partial charge in [-0.15, -0.1) is 0 Å². The minimum absolute atomic E-state index is 0.265. The van der Waals surface area contributed by atoms with Gasteiger partial charge in [-0.05, 0) is 31.9 Å². The highest BCUT2D eigenvalue weighted by atomic mass is 16.5. The van der Waals surface area contributed by atoms with E-state index in [1.165, 1.54) is 4.90 Å². The van der Waals surface area contributed by atoms with E-state index in [-0.39, 0.29) is 17.7 Å². The molecule has 4 atom stereocenters. The van der Waals surface area contributed by atoms with E-state index in [4.69, 9.17) is 4.74 Å². The van der Waals surface area contributed by atoms with Crippen LogP contribution in [-0.4, -0.2) is 45.6 Å².